The van der Waals surface area contributed by atoms with Crippen LogP contribution >= 0.6 is 0 Å². The zero-order valence-corrected chi connectivity index (χ0v) is 9.21. The van der Waals surface area contributed by atoms with E-state index in [4.69, 9.17) is 5.11 Å². The summed E-state index contributed by atoms with van der Waals surface area (Å²) in [6.45, 7) is 8.52. The van der Waals surface area contributed by atoms with Crippen molar-refractivity contribution >= 4 is 6.09 Å². The van der Waals surface area contributed by atoms with Crippen molar-refractivity contribution in [3.05, 3.63) is 0 Å². The van der Waals surface area contributed by atoms with Gasteiger partial charge in [-0.2, -0.15) is 0 Å². The molecule has 1 rings (SSSR count). The smallest absolute Gasteiger partial charge is 0.407 e. The van der Waals surface area contributed by atoms with Gasteiger partial charge in [0.15, 0.2) is 0 Å². The standard InChI is InChI=1S/C10H20N2O2/c1-10(2,3)6-8-7-12(9(13)14)5-4-11-8/h8,11H,4-7H2,1-3H3,(H,13,14). The minimum absolute atomic E-state index is 0.249. The van der Waals surface area contributed by atoms with E-state index < -0.39 is 6.09 Å². The lowest BCUT2D eigenvalue weighted by Crippen LogP contribution is -2.53. The molecule has 0 aromatic heterocycles. The van der Waals surface area contributed by atoms with Gasteiger partial charge in [-0.1, -0.05) is 20.8 Å². The van der Waals surface area contributed by atoms with Gasteiger partial charge in [-0.3, -0.25) is 0 Å². The van der Waals surface area contributed by atoms with E-state index >= 15 is 0 Å². The molecule has 2 N–H and O–H groups in total. The molecule has 0 bridgehead atoms. The van der Waals surface area contributed by atoms with Crippen LogP contribution in [0.1, 0.15) is 27.2 Å². The van der Waals surface area contributed by atoms with Gasteiger partial charge in [0.2, 0.25) is 0 Å². The molecule has 1 amide bonds. The number of carboxylic acid groups (broad SMARTS) is 1. The average Bonchev–Trinajstić information content (AvgIpc) is 2.01. The van der Waals surface area contributed by atoms with E-state index in [0.717, 1.165) is 13.0 Å². The first kappa shape index (κ1) is 11.3. The molecule has 4 heteroatoms. The highest BCUT2D eigenvalue weighted by Crippen LogP contribution is 2.22. The second kappa shape index (κ2) is 4.17. The maximum absolute atomic E-state index is 10.8. The van der Waals surface area contributed by atoms with Crippen molar-refractivity contribution in [2.45, 2.75) is 33.2 Å². The van der Waals surface area contributed by atoms with Crippen molar-refractivity contribution in [3.63, 3.8) is 0 Å². The minimum atomic E-state index is -0.801. The minimum Gasteiger partial charge on any atom is -0.465 e. The largest absolute Gasteiger partial charge is 0.465 e. The van der Waals surface area contributed by atoms with Gasteiger partial charge in [0.25, 0.3) is 0 Å². The van der Waals surface area contributed by atoms with Gasteiger partial charge < -0.3 is 15.3 Å². The Morgan fingerprint density at radius 3 is 2.71 bits per heavy atom. The molecule has 1 aliphatic heterocycles. The Kier molecular flexibility index (Phi) is 3.37. The Bertz CT molecular complexity index is 211. The van der Waals surface area contributed by atoms with Crippen LogP contribution in [0.15, 0.2) is 0 Å². The van der Waals surface area contributed by atoms with E-state index in [1.165, 1.54) is 4.90 Å². The van der Waals surface area contributed by atoms with Crippen molar-refractivity contribution < 1.29 is 9.90 Å². The summed E-state index contributed by atoms with van der Waals surface area (Å²) in [4.78, 5) is 12.3. The quantitative estimate of drug-likeness (QED) is 0.672. The van der Waals surface area contributed by atoms with Crippen LogP contribution in [0.4, 0.5) is 4.79 Å². The van der Waals surface area contributed by atoms with Crippen LogP contribution in [0.5, 0.6) is 0 Å². The van der Waals surface area contributed by atoms with Gasteiger partial charge in [0.1, 0.15) is 0 Å². The van der Waals surface area contributed by atoms with E-state index in [-0.39, 0.29) is 5.41 Å². The maximum Gasteiger partial charge on any atom is 0.407 e. The summed E-state index contributed by atoms with van der Waals surface area (Å²) in [6.07, 6.45) is 0.210. The molecule has 1 fully saturated rings. The number of amides is 1. The highest BCUT2D eigenvalue weighted by Gasteiger charge is 2.26. The number of piperazine rings is 1. The van der Waals surface area contributed by atoms with Gasteiger partial charge in [0, 0.05) is 25.7 Å². The molecule has 0 radical (unpaired) electrons. The second-order valence-corrected chi connectivity index (χ2v) is 5.14. The highest BCUT2D eigenvalue weighted by atomic mass is 16.4. The molecule has 0 aliphatic carbocycles. The highest BCUT2D eigenvalue weighted by molar-refractivity contribution is 5.65. The summed E-state index contributed by atoms with van der Waals surface area (Å²) in [5, 5.41) is 12.2. The van der Waals surface area contributed by atoms with Crippen LogP contribution in [0.25, 0.3) is 0 Å². The number of rotatable bonds is 1. The second-order valence-electron chi connectivity index (χ2n) is 5.14. The third kappa shape index (κ3) is 3.54. The summed E-state index contributed by atoms with van der Waals surface area (Å²) in [5.74, 6) is 0. The Morgan fingerprint density at radius 2 is 2.21 bits per heavy atom. The summed E-state index contributed by atoms with van der Waals surface area (Å²) >= 11 is 0. The fourth-order valence-corrected chi connectivity index (χ4v) is 1.88. The molecule has 1 unspecified atom stereocenters. The molecule has 1 aliphatic rings. The van der Waals surface area contributed by atoms with Gasteiger partial charge in [0.05, 0.1) is 0 Å². The normalized spacial score (nSPS) is 23.6. The van der Waals surface area contributed by atoms with Gasteiger partial charge >= 0.3 is 6.09 Å². The van der Waals surface area contributed by atoms with E-state index in [2.05, 4.69) is 26.1 Å². The molecule has 82 valence electrons. The van der Waals surface area contributed by atoms with Crippen LogP contribution in [0.3, 0.4) is 0 Å². The maximum atomic E-state index is 10.8. The Labute approximate surface area is 85.3 Å². The van der Waals surface area contributed by atoms with Gasteiger partial charge in [-0.05, 0) is 11.8 Å². The van der Waals surface area contributed by atoms with Crippen molar-refractivity contribution in [3.8, 4) is 0 Å². The molecule has 1 atom stereocenters. The predicted octanol–water partition coefficient (Wildman–Crippen LogP) is 1.37. The lowest BCUT2D eigenvalue weighted by Gasteiger charge is -2.35. The summed E-state index contributed by atoms with van der Waals surface area (Å²) in [6, 6.07) is 0.305. The molecule has 4 nitrogen and oxygen atoms in total. The molecule has 0 spiro atoms. The third-order valence-electron chi connectivity index (χ3n) is 2.38. The van der Waals surface area contributed by atoms with Gasteiger partial charge in [-0.15, -0.1) is 0 Å². The molecule has 0 aromatic carbocycles. The zero-order chi connectivity index (χ0) is 10.8. The monoisotopic (exact) mass is 200 g/mol. The molecule has 0 aromatic rings. The summed E-state index contributed by atoms with van der Waals surface area (Å²) < 4.78 is 0. The molecule has 1 heterocycles. The zero-order valence-electron chi connectivity index (χ0n) is 9.21. The van der Waals surface area contributed by atoms with Crippen molar-refractivity contribution in [1.29, 1.82) is 0 Å². The first-order valence-electron chi connectivity index (χ1n) is 5.10. The Morgan fingerprint density at radius 1 is 1.57 bits per heavy atom. The third-order valence-corrected chi connectivity index (χ3v) is 2.38. The lowest BCUT2D eigenvalue weighted by atomic mass is 9.87. The summed E-state index contributed by atoms with van der Waals surface area (Å²) in [7, 11) is 0. The Balaban J connectivity index is 2.44. The first-order valence-corrected chi connectivity index (χ1v) is 5.10. The molecular weight excluding hydrogens is 180 g/mol. The molecule has 14 heavy (non-hydrogen) atoms. The fourth-order valence-electron chi connectivity index (χ4n) is 1.88. The molecule has 1 saturated heterocycles. The van der Waals surface area contributed by atoms with Crippen LogP contribution in [-0.2, 0) is 0 Å². The van der Waals surface area contributed by atoms with Crippen LogP contribution in [-0.4, -0.2) is 41.8 Å². The number of nitrogens with one attached hydrogen (secondary N) is 1. The molecular formula is C10H20N2O2. The van der Waals surface area contributed by atoms with E-state index in [1.807, 2.05) is 0 Å². The Hall–Kier alpha value is -0.770. The number of nitrogens with zero attached hydrogens (tertiary/aromatic N) is 1. The summed E-state index contributed by atoms with van der Waals surface area (Å²) in [5.41, 5.74) is 0.249. The van der Waals surface area contributed by atoms with Crippen molar-refractivity contribution in [2.75, 3.05) is 19.6 Å². The van der Waals surface area contributed by atoms with Crippen LogP contribution in [0.2, 0.25) is 0 Å². The average molecular weight is 200 g/mol. The fraction of sp³-hybridized carbons (Fsp3) is 0.900. The number of hydrogen-bond acceptors (Lipinski definition) is 2. The van der Waals surface area contributed by atoms with E-state index in [9.17, 15) is 4.79 Å². The van der Waals surface area contributed by atoms with Gasteiger partial charge in [-0.25, -0.2) is 4.79 Å². The van der Waals surface area contributed by atoms with Crippen LogP contribution in [0, 0.1) is 5.41 Å². The number of carbonyl (C=O) groups is 1. The van der Waals surface area contributed by atoms with E-state index in [0.29, 0.717) is 19.1 Å². The SMILES string of the molecule is CC(C)(C)CC1CN(C(=O)O)CCN1. The van der Waals surface area contributed by atoms with Crippen molar-refractivity contribution in [1.82, 2.24) is 10.2 Å². The predicted molar refractivity (Wildman–Crippen MR) is 55.5 cm³/mol. The van der Waals surface area contributed by atoms with Crippen LogP contribution < -0.4 is 5.32 Å². The van der Waals surface area contributed by atoms with E-state index in [1.54, 1.807) is 0 Å². The topological polar surface area (TPSA) is 52.6 Å². The first-order chi connectivity index (χ1) is 6.38. The number of hydrogen-bond donors (Lipinski definition) is 2. The van der Waals surface area contributed by atoms with Crippen molar-refractivity contribution in [2.24, 2.45) is 5.41 Å². The lowest BCUT2D eigenvalue weighted by molar-refractivity contribution is 0.121. The molecule has 0 saturated carbocycles.